The third-order valence-corrected chi connectivity index (χ3v) is 3.23. The van der Waals surface area contributed by atoms with Gasteiger partial charge < -0.3 is 10.1 Å². The maximum absolute atomic E-state index is 11.2. The molecule has 0 radical (unpaired) electrons. The van der Waals surface area contributed by atoms with Crippen LogP contribution in [-0.4, -0.2) is 18.4 Å². The number of hydrogen-bond acceptors (Lipinski definition) is 2. The van der Waals surface area contributed by atoms with E-state index in [-0.39, 0.29) is 11.8 Å². The standard InChI is InChI=1S/C14H18ClNO2/c1-10-2-5-12(8-16-14(17)7-15)13(6-10)18-9-11-3-4-11/h2,5-6,11H,3-4,7-9H2,1H3,(H,16,17). The van der Waals surface area contributed by atoms with Crippen LogP contribution in [-0.2, 0) is 11.3 Å². The molecule has 98 valence electrons. The van der Waals surface area contributed by atoms with E-state index in [0.29, 0.717) is 6.54 Å². The first-order chi connectivity index (χ1) is 8.69. The van der Waals surface area contributed by atoms with Crippen LogP contribution in [0.5, 0.6) is 5.75 Å². The first-order valence-corrected chi connectivity index (χ1v) is 6.77. The van der Waals surface area contributed by atoms with Gasteiger partial charge in [0, 0.05) is 12.1 Å². The molecular formula is C14H18ClNO2. The number of amides is 1. The lowest BCUT2D eigenvalue weighted by Crippen LogP contribution is -2.24. The lowest BCUT2D eigenvalue weighted by atomic mass is 10.1. The highest BCUT2D eigenvalue weighted by Crippen LogP contribution is 2.30. The number of nitrogens with one attached hydrogen (secondary N) is 1. The molecule has 0 spiro atoms. The molecule has 1 saturated carbocycles. The van der Waals surface area contributed by atoms with Crippen molar-refractivity contribution in [1.29, 1.82) is 0 Å². The first-order valence-electron chi connectivity index (χ1n) is 6.24. The predicted molar refractivity (Wildman–Crippen MR) is 72.0 cm³/mol. The minimum absolute atomic E-state index is 0.00980. The minimum Gasteiger partial charge on any atom is -0.493 e. The first kappa shape index (κ1) is 13.2. The van der Waals surface area contributed by atoms with Crippen LogP contribution in [0.1, 0.15) is 24.0 Å². The van der Waals surface area contributed by atoms with Crippen molar-refractivity contribution in [2.75, 3.05) is 12.5 Å². The lowest BCUT2D eigenvalue weighted by molar-refractivity contribution is -0.118. The van der Waals surface area contributed by atoms with Crippen LogP contribution in [0.15, 0.2) is 18.2 Å². The molecule has 1 N–H and O–H groups in total. The highest BCUT2D eigenvalue weighted by molar-refractivity contribution is 6.27. The van der Waals surface area contributed by atoms with Gasteiger partial charge in [-0.05, 0) is 37.3 Å². The molecule has 1 aliphatic carbocycles. The van der Waals surface area contributed by atoms with Crippen molar-refractivity contribution >= 4 is 17.5 Å². The summed E-state index contributed by atoms with van der Waals surface area (Å²) in [5.74, 6) is 1.42. The number of carbonyl (C=O) groups is 1. The van der Waals surface area contributed by atoms with Crippen molar-refractivity contribution in [3.05, 3.63) is 29.3 Å². The molecule has 1 aromatic carbocycles. The topological polar surface area (TPSA) is 38.3 Å². The molecule has 1 amide bonds. The summed E-state index contributed by atoms with van der Waals surface area (Å²) in [6.45, 7) is 3.27. The van der Waals surface area contributed by atoms with E-state index >= 15 is 0 Å². The molecule has 0 bridgehead atoms. The van der Waals surface area contributed by atoms with Gasteiger partial charge in [0.1, 0.15) is 11.6 Å². The summed E-state index contributed by atoms with van der Waals surface area (Å²) in [5, 5.41) is 2.76. The van der Waals surface area contributed by atoms with E-state index in [0.717, 1.165) is 29.4 Å². The van der Waals surface area contributed by atoms with E-state index in [9.17, 15) is 4.79 Å². The molecule has 2 rings (SSSR count). The van der Waals surface area contributed by atoms with Gasteiger partial charge in [-0.1, -0.05) is 12.1 Å². The number of hydrogen-bond donors (Lipinski definition) is 1. The van der Waals surface area contributed by atoms with Gasteiger partial charge in [-0.15, -0.1) is 11.6 Å². The Balaban J connectivity index is 1.99. The highest BCUT2D eigenvalue weighted by atomic mass is 35.5. The largest absolute Gasteiger partial charge is 0.493 e. The highest BCUT2D eigenvalue weighted by Gasteiger charge is 2.22. The van der Waals surface area contributed by atoms with E-state index in [2.05, 4.69) is 5.32 Å². The zero-order valence-corrected chi connectivity index (χ0v) is 11.3. The molecule has 4 heteroatoms. The molecule has 0 aliphatic heterocycles. The fraction of sp³-hybridized carbons (Fsp3) is 0.500. The Bertz CT molecular complexity index is 430. The van der Waals surface area contributed by atoms with Crippen molar-refractivity contribution in [2.45, 2.75) is 26.3 Å². The van der Waals surface area contributed by atoms with Crippen molar-refractivity contribution in [3.63, 3.8) is 0 Å². The van der Waals surface area contributed by atoms with E-state index < -0.39 is 0 Å². The van der Waals surface area contributed by atoms with Crippen molar-refractivity contribution < 1.29 is 9.53 Å². The number of benzene rings is 1. The van der Waals surface area contributed by atoms with E-state index in [1.165, 1.54) is 12.8 Å². The normalized spacial score (nSPS) is 14.3. The third kappa shape index (κ3) is 3.91. The maximum Gasteiger partial charge on any atom is 0.235 e. The fourth-order valence-corrected chi connectivity index (χ4v) is 1.77. The second-order valence-corrected chi connectivity index (χ2v) is 5.04. The van der Waals surface area contributed by atoms with Gasteiger partial charge in [-0.25, -0.2) is 0 Å². The summed E-state index contributed by atoms with van der Waals surface area (Å²) < 4.78 is 5.82. The summed E-state index contributed by atoms with van der Waals surface area (Å²) in [6.07, 6.45) is 2.54. The molecule has 0 aromatic heterocycles. The molecule has 18 heavy (non-hydrogen) atoms. The van der Waals surface area contributed by atoms with Gasteiger partial charge in [0.15, 0.2) is 0 Å². The van der Waals surface area contributed by atoms with E-state index in [1.54, 1.807) is 0 Å². The van der Waals surface area contributed by atoms with Crippen molar-refractivity contribution in [3.8, 4) is 5.75 Å². The average Bonchev–Trinajstić information content (AvgIpc) is 3.18. The zero-order chi connectivity index (χ0) is 13.0. The molecule has 1 aromatic rings. The van der Waals surface area contributed by atoms with Crippen LogP contribution in [0.2, 0.25) is 0 Å². The lowest BCUT2D eigenvalue weighted by Gasteiger charge is -2.12. The molecule has 0 atom stereocenters. The monoisotopic (exact) mass is 267 g/mol. The van der Waals surface area contributed by atoms with Gasteiger partial charge in [-0.2, -0.15) is 0 Å². The Morgan fingerprint density at radius 1 is 1.50 bits per heavy atom. The zero-order valence-electron chi connectivity index (χ0n) is 10.5. The molecule has 3 nitrogen and oxygen atoms in total. The average molecular weight is 268 g/mol. The summed E-state index contributed by atoms with van der Waals surface area (Å²) in [6, 6.07) is 6.03. The minimum atomic E-state index is -0.162. The number of rotatable bonds is 6. The Morgan fingerprint density at radius 3 is 2.94 bits per heavy atom. The van der Waals surface area contributed by atoms with Gasteiger partial charge in [-0.3, -0.25) is 4.79 Å². The Kier molecular flexibility index (Phi) is 4.48. The van der Waals surface area contributed by atoms with E-state index in [1.807, 2.05) is 25.1 Å². The van der Waals surface area contributed by atoms with Crippen LogP contribution in [0, 0.1) is 12.8 Å². The van der Waals surface area contributed by atoms with Gasteiger partial charge in [0.05, 0.1) is 6.61 Å². The fourth-order valence-electron chi connectivity index (χ4n) is 1.68. The van der Waals surface area contributed by atoms with Crippen LogP contribution >= 0.6 is 11.6 Å². The summed E-state index contributed by atoms with van der Waals surface area (Å²) in [4.78, 5) is 11.2. The molecule has 0 heterocycles. The second-order valence-electron chi connectivity index (χ2n) is 4.78. The quantitative estimate of drug-likeness (QED) is 0.805. The number of alkyl halides is 1. The number of halogens is 1. The Hall–Kier alpha value is -1.22. The van der Waals surface area contributed by atoms with Crippen molar-refractivity contribution in [1.82, 2.24) is 5.32 Å². The molecular weight excluding hydrogens is 250 g/mol. The van der Waals surface area contributed by atoms with Crippen LogP contribution in [0.4, 0.5) is 0 Å². The SMILES string of the molecule is Cc1ccc(CNC(=O)CCl)c(OCC2CC2)c1. The maximum atomic E-state index is 11.2. The summed E-state index contributed by atoms with van der Waals surface area (Å²) in [7, 11) is 0. The second kappa shape index (κ2) is 6.10. The van der Waals surface area contributed by atoms with Crippen molar-refractivity contribution in [2.24, 2.45) is 5.92 Å². The number of aryl methyl sites for hydroxylation is 1. The number of ether oxygens (including phenoxy) is 1. The number of carbonyl (C=O) groups excluding carboxylic acids is 1. The third-order valence-electron chi connectivity index (χ3n) is 2.99. The Labute approximate surface area is 112 Å². The van der Waals surface area contributed by atoms with Crippen LogP contribution in [0.25, 0.3) is 0 Å². The Morgan fingerprint density at radius 2 is 2.28 bits per heavy atom. The van der Waals surface area contributed by atoms with Crippen LogP contribution < -0.4 is 10.1 Å². The smallest absolute Gasteiger partial charge is 0.235 e. The van der Waals surface area contributed by atoms with Crippen LogP contribution in [0.3, 0.4) is 0 Å². The van der Waals surface area contributed by atoms with Gasteiger partial charge in [0.25, 0.3) is 0 Å². The predicted octanol–water partition coefficient (Wildman–Crippen LogP) is 2.64. The molecule has 1 fully saturated rings. The van der Waals surface area contributed by atoms with Gasteiger partial charge >= 0.3 is 0 Å². The summed E-state index contributed by atoms with van der Waals surface area (Å²) in [5.41, 5.74) is 2.16. The van der Waals surface area contributed by atoms with E-state index in [4.69, 9.17) is 16.3 Å². The molecule has 0 unspecified atom stereocenters. The summed E-state index contributed by atoms with van der Waals surface area (Å²) >= 11 is 5.45. The molecule has 0 saturated heterocycles. The molecule has 1 aliphatic rings. The van der Waals surface area contributed by atoms with Gasteiger partial charge in [0.2, 0.25) is 5.91 Å².